The lowest BCUT2D eigenvalue weighted by atomic mass is 10.3. The van der Waals surface area contributed by atoms with Crippen molar-refractivity contribution in [1.29, 1.82) is 0 Å². The molecule has 1 amide bonds. The normalized spacial score (nSPS) is 15.3. The van der Waals surface area contributed by atoms with Gasteiger partial charge in [-0.2, -0.15) is 5.10 Å². The first-order chi connectivity index (χ1) is 6.68. The van der Waals surface area contributed by atoms with E-state index in [0.29, 0.717) is 0 Å². The average molecular weight is 196 g/mol. The predicted octanol–water partition coefficient (Wildman–Crippen LogP) is 1.69. The molecule has 1 aliphatic heterocycles. The summed E-state index contributed by atoms with van der Waals surface area (Å²) in [5, 5.41) is 4.77. The number of amides is 1. The first-order valence-corrected chi connectivity index (χ1v) is 3.99. The Morgan fingerprint density at radius 1 is 1.29 bits per heavy atom. The average Bonchev–Trinajstić information content (AvgIpc) is 2.57. The molecular formula is C9H6F2N2O. The number of carbonyl (C=O) groups is 1. The van der Waals surface area contributed by atoms with E-state index in [1.54, 1.807) is 0 Å². The number of halogens is 2. The van der Waals surface area contributed by atoms with Gasteiger partial charge >= 0.3 is 0 Å². The highest BCUT2D eigenvalue weighted by Crippen LogP contribution is 2.20. The highest BCUT2D eigenvalue weighted by atomic mass is 19.2. The smallest absolute Gasteiger partial charge is 0.252 e. The van der Waals surface area contributed by atoms with Crippen LogP contribution >= 0.6 is 0 Å². The zero-order chi connectivity index (χ0) is 10.1. The molecule has 0 saturated carbocycles. The first-order valence-electron chi connectivity index (χ1n) is 3.99. The molecule has 0 radical (unpaired) electrons. The number of hydrogen-bond acceptors (Lipinski definition) is 2. The number of rotatable bonds is 1. The van der Waals surface area contributed by atoms with Crippen LogP contribution in [0.4, 0.5) is 14.5 Å². The molecule has 0 N–H and O–H groups in total. The van der Waals surface area contributed by atoms with Gasteiger partial charge in [0.1, 0.15) is 0 Å². The SMILES string of the molecule is O=C1CC=NN1c1ccc(F)c(F)c1. The standard InChI is InChI=1S/C9H6F2N2O/c10-7-2-1-6(5-8(7)11)13-9(14)3-4-12-13/h1-2,4-5H,3H2. The molecule has 72 valence electrons. The maximum absolute atomic E-state index is 12.8. The van der Waals surface area contributed by atoms with E-state index in [1.807, 2.05) is 0 Å². The van der Waals surface area contributed by atoms with Crippen LogP contribution in [0.3, 0.4) is 0 Å². The molecule has 1 aliphatic rings. The van der Waals surface area contributed by atoms with E-state index in [9.17, 15) is 13.6 Å². The Labute approximate surface area is 78.6 Å². The molecule has 0 atom stereocenters. The van der Waals surface area contributed by atoms with Crippen molar-refractivity contribution in [3.05, 3.63) is 29.8 Å². The summed E-state index contributed by atoms with van der Waals surface area (Å²) < 4.78 is 25.4. The molecule has 3 nitrogen and oxygen atoms in total. The van der Waals surface area contributed by atoms with Gasteiger partial charge in [-0.15, -0.1) is 0 Å². The van der Waals surface area contributed by atoms with Crippen molar-refractivity contribution in [2.24, 2.45) is 5.10 Å². The second-order valence-electron chi connectivity index (χ2n) is 2.81. The summed E-state index contributed by atoms with van der Waals surface area (Å²) in [7, 11) is 0. The van der Waals surface area contributed by atoms with E-state index in [4.69, 9.17) is 0 Å². The van der Waals surface area contributed by atoms with Gasteiger partial charge in [0.15, 0.2) is 11.6 Å². The summed E-state index contributed by atoms with van der Waals surface area (Å²) in [4.78, 5) is 11.2. The highest BCUT2D eigenvalue weighted by molar-refractivity contribution is 6.05. The fraction of sp³-hybridized carbons (Fsp3) is 0.111. The Balaban J connectivity index is 2.37. The number of anilines is 1. The molecule has 2 rings (SSSR count). The van der Waals surface area contributed by atoms with Crippen LogP contribution in [0, 0.1) is 11.6 Å². The van der Waals surface area contributed by atoms with Crippen LogP contribution in [-0.4, -0.2) is 12.1 Å². The van der Waals surface area contributed by atoms with E-state index in [2.05, 4.69) is 5.10 Å². The maximum Gasteiger partial charge on any atom is 0.252 e. The van der Waals surface area contributed by atoms with Crippen molar-refractivity contribution in [3.8, 4) is 0 Å². The molecule has 0 aliphatic carbocycles. The van der Waals surface area contributed by atoms with Crippen molar-refractivity contribution in [1.82, 2.24) is 0 Å². The second-order valence-corrected chi connectivity index (χ2v) is 2.81. The highest BCUT2D eigenvalue weighted by Gasteiger charge is 2.19. The summed E-state index contributed by atoms with van der Waals surface area (Å²) in [5.41, 5.74) is 0.239. The molecule has 0 saturated heterocycles. The van der Waals surface area contributed by atoms with E-state index >= 15 is 0 Å². The number of hydrogen-bond donors (Lipinski definition) is 0. The largest absolute Gasteiger partial charge is 0.272 e. The van der Waals surface area contributed by atoms with Gasteiger partial charge < -0.3 is 0 Å². The van der Waals surface area contributed by atoms with Gasteiger partial charge in [0.2, 0.25) is 0 Å². The summed E-state index contributed by atoms with van der Waals surface area (Å²) in [6.07, 6.45) is 1.61. The van der Waals surface area contributed by atoms with Gasteiger partial charge in [0, 0.05) is 12.3 Å². The molecule has 0 unspecified atom stereocenters. The van der Waals surface area contributed by atoms with Crippen LogP contribution in [0.15, 0.2) is 23.3 Å². The summed E-state index contributed by atoms with van der Waals surface area (Å²) in [5.74, 6) is -2.18. The first kappa shape index (κ1) is 8.80. The third-order valence-corrected chi connectivity index (χ3v) is 1.85. The number of hydrazone groups is 1. The van der Waals surface area contributed by atoms with Crippen molar-refractivity contribution in [2.75, 3.05) is 5.01 Å². The van der Waals surface area contributed by atoms with Gasteiger partial charge in [-0.1, -0.05) is 0 Å². The molecule has 0 aromatic heterocycles. The van der Waals surface area contributed by atoms with Crippen LogP contribution < -0.4 is 5.01 Å². The molecule has 0 spiro atoms. The Morgan fingerprint density at radius 2 is 2.07 bits per heavy atom. The molecule has 0 fully saturated rings. The molecule has 1 heterocycles. The molecule has 5 heteroatoms. The topological polar surface area (TPSA) is 32.7 Å². The maximum atomic E-state index is 12.8. The van der Waals surface area contributed by atoms with Crippen LogP contribution in [0.25, 0.3) is 0 Å². The molecular weight excluding hydrogens is 190 g/mol. The van der Waals surface area contributed by atoms with Gasteiger partial charge in [-0.25, -0.2) is 13.8 Å². The van der Waals surface area contributed by atoms with Crippen LogP contribution in [0.5, 0.6) is 0 Å². The van der Waals surface area contributed by atoms with Crippen molar-refractivity contribution >= 4 is 17.8 Å². The Bertz CT molecular complexity index is 417. The summed E-state index contributed by atoms with van der Waals surface area (Å²) >= 11 is 0. The zero-order valence-electron chi connectivity index (χ0n) is 7.08. The van der Waals surface area contributed by atoms with Gasteiger partial charge in [0.05, 0.1) is 12.1 Å². The summed E-state index contributed by atoms with van der Waals surface area (Å²) in [6.45, 7) is 0. The fourth-order valence-corrected chi connectivity index (χ4v) is 1.18. The quantitative estimate of drug-likeness (QED) is 0.672. The van der Waals surface area contributed by atoms with Crippen molar-refractivity contribution in [2.45, 2.75) is 6.42 Å². The van der Waals surface area contributed by atoms with Crippen LogP contribution in [0.1, 0.15) is 6.42 Å². The fourth-order valence-electron chi connectivity index (χ4n) is 1.18. The lowest BCUT2D eigenvalue weighted by molar-refractivity contribution is -0.116. The Morgan fingerprint density at radius 3 is 2.64 bits per heavy atom. The van der Waals surface area contributed by atoms with Crippen LogP contribution in [0.2, 0.25) is 0 Å². The molecule has 1 aromatic carbocycles. The monoisotopic (exact) mass is 196 g/mol. The van der Waals surface area contributed by atoms with Gasteiger partial charge in [-0.05, 0) is 12.1 Å². The zero-order valence-corrected chi connectivity index (χ0v) is 7.08. The minimum Gasteiger partial charge on any atom is -0.272 e. The van der Waals surface area contributed by atoms with Crippen LogP contribution in [-0.2, 0) is 4.79 Å². The molecule has 14 heavy (non-hydrogen) atoms. The minimum atomic E-state index is -0.989. The van der Waals surface area contributed by atoms with E-state index < -0.39 is 11.6 Å². The molecule has 1 aromatic rings. The lowest BCUT2D eigenvalue weighted by Crippen LogP contribution is -2.19. The van der Waals surface area contributed by atoms with E-state index in [1.165, 1.54) is 12.3 Å². The number of benzene rings is 1. The van der Waals surface area contributed by atoms with Crippen molar-refractivity contribution in [3.63, 3.8) is 0 Å². The number of nitrogens with zero attached hydrogens (tertiary/aromatic N) is 2. The third kappa shape index (κ3) is 1.37. The van der Waals surface area contributed by atoms with Crippen molar-refractivity contribution < 1.29 is 13.6 Å². The van der Waals surface area contributed by atoms with E-state index in [-0.39, 0.29) is 18.0 Å². The predicted molar refractivity (Wildman–Crippen MR) is 47.0 cm³/mol. The Kier molecular flexibility index (Phi) is 1.99. The second kappa shape index (κ2) is 3.17. The number of carbonyl (C=O) groups excluding carboxylic acids is 1. The molecule has 0 bridgehead atoms. The Hall–Kier alpha value is -1.78. The van der Waals surface area contributed by atoms with Gasteiger partial charge in [-0.3, -0.25) is 4.79 Å². The lowest BCUT2D eigenvalue weighted by Gasteiger charge is -2.11. The van der Waals surface area contributed by atoms with Gasteiger partial charge in [0.25, 0.3) is 5.91 Å². The van der Waals surface area contributed by atoms with E-state index in [0.717, 1.165) is 17.1 Å². The third-order valence-electron chi connectivity index (χ3n) is 1.85. The summed E-state index contributed by atoms with van der Waals surface area (Å²) in [6, 6.07) is 3.21. The minimum absolute atomic E-state index is 0.193.